The minimum atomic E-state index is 0. The van der Waals surface area contributed by atoms with Crippen molar-refractivity contribution in [2.75, 3.05) is 27.2 Å². The van der Waals surface area contributed by atoms with Gasteiger partial charge in [-0.05, 0) is 31.4 Å². The zero-order valence-electron chi connectivity index (χ0n) is 22.6. The highest BCUT2D eigenvalue weighted by atomic mass is 35.5. The third-order valence-electron chi connectivity index (χ3n) is 6.82. The molecule has 0 N–H and O–H groups in total. The molecule has 0 aromatic heterocycles. The Morgan fingerprint density at radius 1 is 0.636 bits per heavy atom. The Labute approximate surface area is 213 Å². The summed E-state index contributed by atoms with van der Waals surface area (Å²) >= 11 is 0. The zero-order valence-corrected chi connectivity index (χ0v) is 23.4. The van der Waals surface area contributed by atoms with Gasteiger partial charge in [0.25, 0.3) is 0 Å². The number of para-hydroxylation sites is 1. The second kappa shape index (κ2) is 21.8. The summed E-state index contributed by atoms with van der Waals surface area (Å²) < 4.78 is 7.28. The average Bonchev–Trinajstić information content (AvgIpc) is 2.79. The van der Waals surface area contributed by atoms with Crippen molar-refractivity contribution >= 4 is 0 Å². The van der Waals surface area contributed by atoms with E-state index in [9.17, 15) is 0 Å². The Balaban J connectivity index is 0.0000102. The molecular weight excluding hydrogens is 426 g/mol. The first-order chi connectivity index (χ1) is 15.6. The van der Waals surface area contributed by atoms with Gasteiger partial charge in [0, 0.05) is 0 Å². The van der Waals surface area contributed by atoms with Crippen LogP contribution in [0.1, 0.15) is 123 Å². The molecule has 2 nitrogen and oxygen atoms in total. The molecule has 0 saturated heterocycles. The van der Waals surface area contributed by atoms with Crippen molar-refractivity contribution in [1.82, 2.24) is 0 Å². The van der Waals surface area contributed by atoms with E-state index in [1.807, 2.05) is 6.07 Å². The van der Waals surface area contributed by atoms with E-state index in [1.165, 1.54) is 109 Å². The molecule has 1 atom stereocenters. The third kappa shape index (κ3) is 19.3. The van der Waals surface area contributed by atoms with Crippen LogP contribution in [0.4, 0.5) is 0 Å². The first kappa shape index (κ1) is 32.3. The van der Waals surface area contributed by atoms with Gasteiger partial charge < -0.3 is 21.6 Å². The maximum absolute atomic E-state index is 6.22. The first-order valence-electron chi connectivity index (χ1n) is 14.1. The lowest BCUT2D eigenvalue weighted by molar-refractivity contribution is -0.893. The van der Waals surface area contributed by atoms with E-state index in [2.05, 4.69) is 52.2 Å². The van der Waals surface area contributed by atoms with Gasteiger partial charge in [-0.3, -0.25) is 0 Å². The molecule has 0 saturated carbocycles. The van der Waals surface area contributed by atoms with Crippen LogP contribution in [0.15, 0.2) is 30.3 Å². The second-order valence-electron chi connectivity index (χ2n) is 10.6. The lowest BCUT2D eigenvalue weighted by atomic mass is 10.0. The van der Waals surface area contributed by atoms with Crippen molar-refractivity contribution < 1.29 is 21.6 Å². The van der Waals surface area contributed by atoms with E-state index < -0.39 is 0 Å². The number of hydrogen-bond donors (Lipinski definition) is 0. The first-order valence-corrected chi connectivity index (χ1v) is 14.1. The average molecular weight is 482 g/mol. The predicted molar refractivity (Wildman–Crippen MR) is 143 cm³/mol. The van der Waals surface area contributed by atoms with Crippen molar-refractivity contribution in [3.8, 4) is 5.75 Å². The van der Waals surface area contributed by atoms with Gasteiger partial charge in [0.1, 0.15) is 18.4 Å². The Bertz CT molecular complexity index is 519. The van der Waals surface area contributed by atoms with Gasteiger partial charge in [-0.25, -0.2) is 0 Å². The van der Waals surface area contributed by atoms with Crippen LogP contribution in [-0.4, -0.2) is 37.8 Å². The molecule has 1 aromatic carbocycles. The lowest BCUT2D eigenvalue weighted by Gasteiger charge is -2.33. The molecule has 1 rings (SSSR count). The van der Waals surface area contributed by atoms with Gasteiger partial charge in [0.15, 0.2) is 0 Å². The summed E-state index contributed by atoms with van der Waals surface area (Å²) in [7, 11) is 4.73. The number of quaternary nitrogens is 1. The lowest BCUT2D eigenvalue weighted by Crippen LogP contribution is -3.00. The number of benzene rings is 1. The van der Waals surface area contributed by atoms with Crippen LogP contribution in [0.25, 0.3) is 0 Å². The minimum absolute atomic E-state index is 0. The maximum Gasteiger partial charge on any atom is 0.147 e. The monoisotopic (exact) mass is 481 g/mol. The number of nitrogens with zero attached hydrogens (tertiary/aromatic N) is 1. The van der Waals surface area contributed by atoms with E-state index in [0.29, 0.717) is 6.10 Å². The molecule has 0 aliphatic heterocycles. The molecule has 0 fully saturated rings. The summed E-state index contributed by atoms with van der Waals surface area (Å²) in [6, 6.07) is 10.3. The molecule has 1 unspecified atom stereocenters. The molecule has 0 aliphatic rings. The fourth-order valence-corrected chi connectivity index (χ4v) is 4.67. The molecule has 0 bridgehead atoms. The molecule has 0 amide bonds. The number of ether oxygens (including phenoxy) is 1. The number of likely N-dealkylation sites (N-methyl/N-ethyl adjacent to an activating group) is 1. The standard InChI is InChI=1S/C30H56NO.ClH/c1-5-7-8-9-10-11-12-13-14-15-16-17-18-19-20-24-27-31(3,4)28-29(6-2)32-30-25-22-21-23-26-30;/h21-23,25-26,29H,5-20,24,27-28H2,1-4H3;1H/q+1;/p-1. The summed E-state index contributed by atoms with van der Waals surface area (Å²) in [5.41, 5.74) is 0. The molecule has 194 valence electrons. The van der Waals surface area contributed by atoms with Crippen molar-refractivity contribution in [2.24, 2.45) is 0 Å². The van der Waals surface area contributed by atoms with Crippen LogP contribution < -0.4 is 17.1 Å². The highest BCUT2D eigenvalue weighted by Gasteiger charge is 2.22. The van der Waals surface area contributed by atoms with Crippen LogP contribution in [-0.2, 0) is 0 Å². The Morgan fingerprint density at radius 3 is 1.48 bits per heavy atom. The maximum atomic E-state index is 6.22. The highest BCUT2D eigenvalue weighted by Crippen LogP contribution is 2.17. The summed E-state index contributed by atoms with van der Waals surface area (Å²) in [6.07, 6.45) is 24.3. The number of halogens is 1. The fraction of sp³-hybridized carbons (Fsp3) is 0.800. The molecule has 3 heteroatoms. The van der Waals surface area contributed by atoms with E-state index in [-0.39, 0.29) is 12.4 Å². The number of rotatable bonds is 22. The number of unbranched alkanes of at least 4 members (excludes halogenated alkanes) is 15. The van der Waals surface area contributed by atoms with Gasteiger partial charge in [-0.15, -0.1) is 0 Å². The second-order valence-corrected chi connectivity index (χ2v) is 10.6. The molecule has 0 radical (unpaired) electrons. The van der Waals surface area contributed by atoms with Gasteiger partial charge >= 0.3 is 0 Å². The SMILES string of the molecule is CCCCCCCCCCCCCCCCCC[N+](C)(C)CC(CC)Oc1ccccc1.[Cl-]. The topological polar surface area (TPSA) is 9.23 Å². The summed E-state index contributed by atoms with van der Waals surface area (Å²) in [5.74, 6) is 1.00. The van der Waals surface area contributed by atoms with E-state index >= 15 is 0 Å². The largest absolute Gasteiger partial charge is 1.00 e. The minimum Gasteiger partial charge on any atom is -1.00 e. The van der Waals surface area contributed by atoms with Gasteiger partial charge in [-0.1, -0.05) is 122 Å². The Hall–Kier alpha value is -0.730. The molecular formula is C30H56ClNO. The predicted octanol–water partition coefficient (Wildman–Crippen LogP) is 6.19. The fourth-order valence-electron chi connectivity index (χ4n) is 4.67. The molecule has 1 aromatic rings. The summed E-state index contributed by atoms with van der Waals surface area (Å²) in [4.78, 5) is 0. The van der Waals surface area contributed by atoms with Crippen LogP contribution in [0, 0.1) is 0 Å². The van der Waals surface area contributed by atoms with E-state index in [1.54, 1.807) is 0 Å². The smallest absolute Gasteiger partial charge is 0.147 e. The van der Waals surface area contributed by atoms with Crippen molar-refractivity contribution in [3.63, 3.8) is 0 Å². The van der Waals surface area contributed by atoms with Crippen molar-refractivity contribution in [2.45, 2.75) is 129 Å². The van der Waals surface area contributed by atoms with Crippen LogP contribution >= 0.6 is 0 Å². The third-order valence-corrected chi connectivity index (χ3v) is 6.82. The van der Waals surface area contributed by atoms with E-state index in [0.717, 1.165) is 23.2 Å². The molecule has 33 heavy (non-hydrogen) atoms. The summed E-state index contributed by atoms with van der Waals surface area (Å²) in [5, 5.41) is 0. The zero-order chi connectivity index (χ0) is 23.3. The van der Waals surface area contributed by atoms with Gasteiger partial charge in [0.05, 0.1) is 20.6 Å². The molecule has 0 heterocycles. The van der Waals surface area contributed by atoms with Gasteiger partial charge in [-0.2, -0.15) is 0 Å². The summed E-state index contributed by atoms with van der Waals surface area (Å²) in [6.45, 7) is 6.88. The van der Waals surface area contributed by atoms with Crippen molar-refractivity contribution in [3.05, 3.63) is 30.3 Å². The van der Waals surface area contributed by atoms with Crippen molar-refractivity contribution in [1.29, 1.82) is 0 Å². The van der Waals surface area contributed by atoms with E-state index in [4.69, 9.17) is 4.74 Å². The normalized spacial score (nSPS) is 12.4. The Kier molecular flexibility index (Phi) is 21.3. The number of hydrogen-bond acceptors (Lipinski definition) is 1. The van der Waals surface area contributed by atoms with Gasteiger partial charge in [0.2, 0.25) is 0 Å². The molecule has 0 spiro atoms. The van der Waals surface area contributed by atoms with Crippen LogP contribution in [0.3, 0.4) is 0 Å². The quantitative estimate of drug-likeness (QED) is 0.142. The van der Waals surface area contributed by atoms with Crippen LogP contribution in [0.5, 0.6) is 5.75 Å². The highest BCUT2D eigenvalue weighted by molar-refractivity contribution is 5.21. The van der Waals surface area contributed by atoms with Crippen LogP contribution in [0.2, 0.25) is 0 Å². The Morgan fingerprint density at radius 2 is 1.06 bits per heavy atom. The molecule has 0 aliphatic carbocycles.